The van der Waals surface area contributed by atoms with Gasteiger partial charge in [-0.15, -0.1) is 0 Å². The number of halogens is 1. The van der Waals surface area contributed by atoms with Crippen LogP contribution in [0.4, 0.5) is 0 Å². The first-order valence-corrected chi connectivity index (χ1v) is 6.77. The second kappa shape index (κ2) is 3.82. The maximum absolute atomic E-state index is 12.2. The van der Waals surface area contributed by atoms with Crippen molar-refractivity contribution in [2.45, 2.75) is 44.8 Å². The highest BCUT2D eigenvalue weighted by atomic mass is 35.5. The minimum atomic E-state index is -0.222. The molecule has 0 radical (unpaired) electrons. The van der Waals surface area contributed by atoms with Gasteiger partial charge in [-0.2, -0.15) is 0 Å². The van der Waals surface area contributed by atoms with Crippen LogP contribution < -0.4 is 0 Å². The molecule has 1 aromatic rings. The van der Waals surface area contributed by atoms with Crippen molar-refractivity contribution in [3.63, 3.8) is 0 Å². The second-order valence-corrected chi connectivity index (χ2v) is 6.55. The molecule has 1 aliphatic heterocycles. The van der Waals surface area contributed by atoms with Crippen molar-refractivity contribution >= 4 is 17.4 Å². The largest absolute Gasteiger partial charge is 0.357 e. The van der Waals surface area contributed by atoms with Crippen molar-refractivity contribution in [2.75, 3.05) is 0 Å². The number of carbonyl (C=O) groups is 1. The standard InChI is InChI=1S/C15H17ClO2/c1-14(2)7-8-15(13(18-15)12(14)17)9-10-3-5-11(16)6-4-10/h3-6,13H,7-9H2,1-2H3. The molecule has 1 saturated carbocycles. The van der Waals surface area contributed by atoms with Crippen LogP contribution in [-0.2, 0) is 16.0 Å². The van der Waals surface area contributed by atoms with Crippen molar-refractivity contribution in [1.82, 2.24) is 0 Å². The Morgan fingerprint density at radius 2 is 1.94 bits per heavy atom. The predicted octanol–water partition coefficient (Wildman–Crippen LogP) is 3.41. The molecule has 1 aliphatic carbocycles. The Bertz CT molecular complexity index is 492. The van der Waals surface area contributed by atoms with E-state index < -0.39 is 0 Å². The van der Waals surface area contributed by atoms with E-state index in [0.717, 1.165) is 24.3 Å². The van der Waals surface area contributed by atoms with Crippen molar-refractivity contribution in [1.29, 1.82) is 0 Å². The lowest BCUT2D eigenvalue weighted by Gasteiger charge is -2.29. The van der Waals surface area contributed by atoms with Gasteiger partial charge in [-0.3, -0.25) is 4.79 Å². The monoisotopic (exact) mass is 264 g/mol. The zero-order valence-electron chi connectivity index (χ0n) is 10.7. The molecule has 2 atom stereocenters. The summed E-state index contributed by atoms with van der Waals surface area (Å²) in [6.07, 6.45) is 2.52. The van der Waals surface area contributed by atoms with E-state index in [4.69, 9.17) is 16.3 Å². The first-order chi connectivity index (χ1) is 8.43. The number of Topliss-reactive ketones (excluding diaryl/α,β-unsaturated/α-hetero) is 1. The van der Waals surface area contributed by atoms with E-state index in [2.05, 4.69) is 0 Å². The fourth-order valence-electron chi connectivity index (χ4n) is 2.86. The number of ketones is 1. The van der Waals surface area contributed by atoms with E-state index in [1.807, 2.05) is 38.1 Å². The number of epoxide rings is 1. The number of ether oxygens (including phenoxy) is 1. The lowest BCUT2D eigenvalue weighted by Crippen LogP contribution is -2.39. The van der Waals surface area contributed by atoms with Crippen molar-refractivity contribution in [3.05, 3.63) is 34.9 Å². The molecule has 2 unspecified atom stereocenters. The average molecular weight is 265 g/mol. The van der Waals surface area contributed by atoms with Crippen molar-refractivity contribution < 1.29 is 9.53 Å². The Hall–Kier alpha value is -0.860. The fourth-order valence-corrected chi connectivity index (χ4v) is 2.98. The van der Waals surface area contributed by atoms with Crippen LogP contribution >= 0.6 is 11.6 Å². The first kappa shape index (κ1) is 12.2. The first-order valence-electron chi connectivity index (χ1n) is 6.40. The quantitative estimate of drug-likeness (QED) is 0.766. The summed E-state index contributed by atoms with van der Waals surface area (Å²) in [7, 11) is 0. The Morgan fingerprint density at radius 1 is 1.28 bits per heavy atom. The Labute approximate surface area is 112 Å². The van der Waals surface area contributed by atoms with Crippen LogP contribution in [0.5, 0.6) is 0 Å². The smallest absolute Gasteiger partial charge is 0.170 e. The number of hydrogen-bond donors (Lipinski definition) is 0. The molecule has 0 amide bonds. The van der Waals surface area contributed by atoms with Gasteiger partial charge in [-0.05, 0) is 30.5 Å². The molecule has 18 heavy (non-hydrogen) atoms. The van der Waals surface area contributed by atoms with E-state index in [0.29, 0.717) is 0 Å². The summed E-state index contributed by atoms with van der Waals surface area (Å²) in [6.45, 7) is 4.03. The van der Waals surface area contributed by atoms with Crippen LogP contribution in [-0.4, -0.2) is 17.5 Å². The van der Waals surface area contributed by atoms with Gasteiger partial charge >= 0.3 is 0 Å². The second-order valence-electron chi connectivity index (χ2n) is 6.11. The van der Waals surface area contributed by atoms with Crippen LogP contribution in [0.3, 0.4) is 0 Å². The normalized spacial score (nSPS) is 33.1. The van der Waals surface area contributed by atoms with E-state index in [1.54, 1.807) is 0 Å². The maximum Gasteiger partial charge on any atom is 0.170 e. The molecule has 0 bridgehead atoms. The van der Waals surface area contributed by atoms with E-state index in [9.17, 15) is 4.79 Å². The van der Waals surface area contributed by atoms with Gasteiger partial charge in [-0.1, -0.05) is 37.6 Å². The molecule has 1 aromatic carbocycles. The molecule has 3 heteroatoms. The molecule has 2 fully saturated rings. The van der Waals surface area contributed by atoms with Gasteiger partial charge in [0.05, 0.1) is 0 Å². The Balaban J connectivity index is 1.76. The molecule has 2 nitrogen and oxygen atoms in total. The number of fused-ring (bicyclic) bond motifs is 1. The highest BCUT2D eigenvalue weighted by molar-refractivity contribution is 6.30. The van der Waals surface area contributed by atoms with Gasteiger partial charge in [0.25, 0.3) is 0 Å². The third-order valence-corrected chi connectivity index (χ3v) is 4.52. The summed E-state index contributed by atoms with van der Waals surface area (Å²) in [5.74, 6) is 0.266. The molecule has 96 valence electrons. The molecule has 2 aliphatic rings. The van der Waals surface area contributed by atoms with Gasteiger partial charge < -0.3 is 4.74 Å². The molecular weight excluding hydrogens is 248 g/mol. The zero-order chi connectivity index (χ0) is 13.0. The third kappa shape index (κ3) is 1.88. The molecule has 1 saturated heterocycles. The molecule has 3 rings (SSSR count). The zero-order valence-corrected chi connectivity index (χ0v) is 11.5. The van der Waals surface area contributed by atoms with Crippen LogP contribution in [0.2, 0.25) is 5.02 Å². The van der Waals surface area contributed by atoms with Crippen LogP contribution in [0.1, 0.15) is 32.3 Å². The molecule has 1 heterocycles. The van der Waals surface area contributed by atoms with Crippen LogP contribution in [0, 0.1) is 5.41 Å². The Kier molecular flexibility index (Phi) is 2.58. The lowest BCUT2D eigenvalue weighted by molar-refractivity contribution is -0.129. The molecule has 0 aromatic heterocycles. The highest BCUT2D eigenvalue weighted by Gasteiger charge is 2.65. The average Bonchev–Trinajstić information content (AvgIpc) is 3.04. The number of hydrogen-bond acceptors (Lipinski definition) is 2. The van der Waals surface area contributed by atoms with E-state index in [1.165, 1.54) is 5.56 Å². The van der Waals surface area contributed by atoms with Crippen molar-refractivity contribution in [2.24, 2.45) is 5.41 Å². The van der Waals surface area contributed by atoms with Gasteiger partial charge in [0, 0.05) is 16.9 Å². The van der Waals surface area contributed by atoms with E-state index >= 15 is 0 Å². The Morgan fingerprint density at radius 3 is 2.61 bits per heavy atom. The van der Waals surface area contributed by atoms with E-state index in [-0.39, 0.29) is 22.9 Å². The summed E-state index contributed by atoms with van der Waals surface area (Å²) in [5, 5.41) is 0.741. The van der Waals surface area contributed by atoms with Gasteiger partial charge in [0.2, 0.25) is 0 Å². The molecule has 0 N–H and O–H groups in total. The topological polar surface area (TPSA) is 29.6 Å². The van der Waals surface area contributed by atoms with Crippen LogP contribution in [0.15, 0.2) is 24.3 Å². The summed E-state index contributed by atoms with van der Waals surface area (Å²) < 4.78 is 5.76. The fraction of sp³-hybridized carbons (Fsp3) is 0.533. The summed E-state index contributed by atoms with van der Waals surface area (Å²) >= 11 is 5.87. The van der Waals surface area contributed by atoms with Gasteiger partial charge in [0.15, 0.2) is 5.78 Å². The highest BCUT2D eigenvalue weighted by Crippen LogP contribution is 2.53. The number of benzene rings is 1. The molecule has 0 spiro atoms. The summed E-state index contributed by atoms with van der Waals surface area (Å²) in [4.78, 5) is 12.2. The van der Waals surface area contributed by atoms with Crippen molar-refractivity contribution in [3.8, 4) is 0 Å². The summed E-state index contributed by atoms with van der Waals surface area (Å²) in [6, 6.07) is 7.80. The third-order valence-electron chi connectivity index (χ3n) is 4.27. The SMILES string of the molecule is CC1(C)CCC2(Cc3ccc(Cl)cc3)OC2C1=O. The van der Waals surface area contributed by atoms with Crippen LogP contribution in [0.25, 0.3) is 0 Å². The van der Waals surface area contributed by atoms with Gasteiger partial charge in [0.1, 0.15) is 11.7 Å². The summed E-state index contributed by atoms with van der Waals surface area (Å²) in [5.41, 5.74) is 0.750. The number of rotatable bonds is 2. The molecular formula is C15H17ClO2. The lowest BCUT2D eigenvalue weighted by atomic mass is 9.71. The maximum atomic E-state index is 12.2. The minimum Gasteiger partial charge on any atom is -0.357 e. The predicted molar refractivity (Wildman–Crippen MR) is 70.8 cm³/mol. The number of carbonyl (C=O) groups excluding carboxylic acids is 1. The minimum absolute atomic E-state index is 0.183. The van der Waals surface area contributed by atoms with Gasteiger partial charge in [-0.25, -0.2) is 0 Å².